The van der Waals surface area contributed by atoms with Crippen LogP contribution in [0.3, 0.4) is 0 Å². The Morgan fingerprint density at radius 1 is 1.45 bits per heavy atom. The lowest BCUT2D eigenvalue weighted by Crippen LogP contribution is -1.93. The number of halogens is 3. The first kappa shape index (κ1) is 8.04. The number of rotatable bonds is 1. The number of aryl methyl sites for hydroxylation is 1. The van der Waals surface area contributed by atoms with Gasteiger partial charge in [0.05, 0.1) is 0 Å². The molecule has 1 aromatic heterocycles. The van der Waals surface area contributed by atoms with E-state index in [1.807, 2.05) is 0 Å². The molecule has 0 saturated heterocycles. The number of aromatic nitrogens is 1. The number of hydrogen-bond acceptors (Lipinski definition) is 1. The number of nitrogens with zero attached hydrogens (tertiary/aromatic N) is 1. The van der Waals surface area contributed by atoms with Crippen LogP contribution in [-0.4, -0.2) is 4.98 Å². The highest BCUT2D eigenvalue weighted by molar-refractivity contribution is 5.22. The average Bonchev–Trinajstić information content (AvgIpc) is 1.85. The zero-order valence-electron chi connectivity index (χ0n) is 5.81. The Labute approximate surface area is 61.9 Å². The van der Waals surface area contributed by atoms with E-state index in [4.69, 9.17) is 0 Å². The molecule has 1 nitrogen and oxygen atoms in total. The van der Waals surface area contributed by atoms with Crippen LogP contribution in [-0.2, 0) is 0 Å². The average molecular weight is 161 g/mol. The van der Waals surface area contributed by atoms with Crippen molar-refractivity contribution >= 4 is 0 Å². The van der Waals surface area contributed by atoms with E-state index in [0.29, 0.717) is 0 Å². The van der Waals surface area contributed by atoms with Crippen LogP contribution >= 0.6 is 0 Å². The maximum Gasteiger partial charge on any atom is 0.265 e. The Kier molecular flexibility index (Phi) is 2.12. The van der Waals surface area contributed by atoms with Gasteiger partial charge in [-0.1, -0.05) is 0 Å². The molecule has 0 amide bonds. The third kappa shape index (κ3) is 1.69. The van der Waals surface area contributed by atoms with E-state index in [1.54, 1.807) is 0 Å². The van der Waals surface area contributed by atoms with E-state index in [-0.39, 0.29) is 11.1 Å². The molecule has 0 N–H and O–H groups in total. The molecular weight excluding hydrogens is 155 g/mol. The standard InChI is InChI=1S/C7H6F3N/c1-4-2-6(8)11-3-5(4)7(9)10/h2-3,7H,1H3. The van der Waals surface area contributed by atoms with Gasteiger partial charge in [0.25, 0.3) is 6.43 Å². The molecule has 4 heteroatoms. The summed E-state index contributed by atoms with van der Waals surface area (Å²) in [6.07, 6.45) is -1.72. The molecule has 0 aromatic carbocycles. The largest absolute Gasteiger partial charge is 0.265 e. The van der Waals surface area contributed by atoms with Gasteiger partial charge in [0.15, 0.2) is 0 Å². The quantitative estimate of drug-likeness (QED) is 0.576. The van der Waals surface area contributed by atoms with Crippen LogP contribution in [0.5, 0.6) is 0 Å². The monoisotopic (exact) mass is 161 g/mol. The van der Waals surface area contributed by atoms with Crippen molar-refractivity contribution in [3.05, 3.63) is 29.3 Å². The fourth-order valence-electron chi connectivity index (χ4n) is 0.761. The molecule has 0 bridgehead atoms. The fourth-order valence-corrected chi connectivity index (χ4v) is 0.761. The van der Waals surface area contributed by atoms with Gasteiger partial charge in [0, 0.05) is 11.8 Å². The van der Waals surface area contributed by atoms with Crippen molar-refractivity contribution in [2.45, 2.75) is 13.3 Å². The van der Waals surface area contributed by atoms with Crippen molar-refractivity contribution < 1.29 is 13.2 Å². The normalized spacial score (nSPS) is 10.6. The first-order valence-electron chi connectivity index (χ1n) is 3.01. The van der Waals surface area contributed by atoms with E-state index in [2.05, 4.69) is 4.98 Å². The second-order valence-electron chi connectivity index (χ2n) is 2.16. The van der Waals surface area contributed by atoms with E-state index >= 15 is 0 Å². The van der Waals surface area contributed by atoms with E-state index < -0.39 is 12.4 Å². The van der Waals surface area contributed by atoms with E-state index in [0.717, 1.165) is 12.3 Å². The van der Waals surface area contributed by atoms with Crippen LogP contribution in [0.25, 0.3) is 0 Å². The van der Waals surface area contributed by atoms with Gasteiger partial charge in [-0.3, -0.25) is 0 Å². The molecule has 1 rings (SSSR count). The van der Waals surface area contributed by atoms with E-state index in [1.165, 1.54) is 6.92 Å². The summed E-state index contributed by atoms with van der Waals surface area (Å²) in [6.45, 7) is 1.42. The molecule has 60 valence electrons. The number of hydrogen-bond donors (Lipinski definition) is 0. The zero-order chi connectivity index (χ0) is 8.43. The Bertz CT molecular complexity index is 260. The van der Waals surface area contributed by atoms with Gasteiger partial charge in [-0.15, -0.1) is 0 Å². The SMILES string of the molecule is Cc1cc(F)ncc1C(F)F. The van der Waals surface area contributed by atoms with Gasteiger partial charge in [-0.05, 0) is 18.6 Å². The summed E-state index contributed by atoms with van der Waals surface area (Å²) in [6, 6.07) is 0.988. The highest BCUT2D eigenvalue weighted by Crippen LogP contribution is 2.21. The second-order valence-corrected chi connectivity index (χ2v) is 2.16. The van der Waals surface area contributed by atoms with Gasteiger partial charge >= 0.3 is 0 Å². The Balaban J connectivity index is 3.09. The van der Waals surface area contributed by atoms with Crippen LogP contribution in [0, 0.1) is 12.9 Å². The molecule has 0 atom stereocenters. The summed E-state index contributed by atoms with van der Waals surface area (Å²) in [4.78, 5) is 3.11. The van der Waals surface area contributed by atoms with Crippen LogP contribution in [0.4, 0.5) is 13.2 Å². The lowest BCUT2D eigenvalue weighted by molar-refractivity contribution is 0.150. The van der Waals surface area contributed by atoms with Crippen LogP contribution in [0.2, 0.25) is 0 Å². The predicted octanol–water partition coefficient (Wildman–Crippen LogP) is 2.47. The summed E-state index contributed by atoms with van der Waals surface area (Å²) >= 11 is 0. The molecule has 0 saturated carbocycles. The lowest BCUT2D eigenvalue weighted by atomic mass is 10.2. The fraction of sp³-hybridized carbons (Fsp3) is 0.286. The Morgan fingerprint density at radius 2 is 2.09 bits per heavy atom. The third-order valence-electron chi connectivity index (χ3n) is 1.35. The van der Waals surface area contributed by atoms with Gasteiger partial charge in [-0.2, -0.15) is 4.39 Å². The minimum atomic E-state index is -2.58. The predicted molar refractivity (Wildman–Crippen MR) is 33.9 cm³/mol. The summed E-state index contributed by atoms with van der Waals surface area (Å²) in [5.41, 5.74) is 0.0129. The third-order valence-corrected chi connectivity index (χ3v) is 1.35. The second kappa shape index (κ2) is 2.90. The summed E-state index contributed by atoms with van der Waals surface area (Å²) in [7, 11) is 0. The number of pyridine rings is 1. The summed E-state index contributed by atoms with van der Waals surface area (Å²) in [5.74, 6) is -0.730. The van der Waals surface area contributed by atoms with Crippen molar-refractivity contribution in [1.82, 2.24) is 4.98 Å². The Hall–Kier alpha value is -1.06. The minimum absolute atomic E-state index is 0.216. The van der Waals surface area contributed by atoms with Gasteiger partial charge in [0.2, 0.25) is 5.95 Å². The molecule has 0 unspecified atom stereocenters. The molecule has 0 spiro atoms. The molecule has 1 aromatic rings. The van der Waals surface area contributed by atoms with Crippen LogP contribution in [0.15, 0.2) is 12.3 Å². The van der Waals surface area contributed by atoms with Gasteiger partial charge in [0.1, 0.15) is 0 Å². The molecule has 1 heterocycles. The molecule has 0 aliphatic carbocycles. The van der Waals surface area contributed by atoms with Crippen molar-refractivity contribution in [3.8, 4) is 0 Å². The first-order chi connectivity index (χ1) is 5.11. The van der Waals surface area contributed by atoms with Crippen LogP contribution in [0.1, 0.15) is 17.6 Å². The maximum absolute atomic E-state index is 12.3. The number of alkyl halides is 2. The van der Waals surface area contributed by atoms with Crippen molar-refractivity contribution in [2.24, 2.45) is 0 Å². The summed E-state index contributed by atoms with van der Waals surface area (Å²) < 4.78 is 36.2. The topological polar surface area (TPSA) is 12.9 Å². The molecule has 0 aliphatic rings. The highest BCUT2D eigenvalue weighted by atomic mass is 19.3. The molecule has 11 heavy (non-hydrogen) atoms. The zero-order valence-corrected chi connectivity index (χ0v) is 5.81. The maximum atomic E-state index is 12.3. The lowest BCUT2D eigenvalue weighted by Gasteiger charge is -2.01. The molecule has 0 radical (unpaired) electrons. The van der Waals surface area contributed by atoms with Gasteiger partial charge < -0.3 is 0 Å². The summed E-state index contributed by atoms with van der Waals surface area (Å²) in [5, 5.41) is 0. The molecular formula is C7H6F3N. The smallest absolute Gasteiger partial charge is 0.228 e. The molecule has 0 fully saturated rings. The Morgan fingerprint density at radius 3 is 2.55 bits per heavy atom. The molecule has 0 aliphatic heterocycles. The van der Waals surface area contributed by atoms with Crippen LogP contribution < -0.4 is 0 Å². The van der Waals surface area contributed by atoms with Gasteiger partial charge in [-0.25, -0.2) is 13.8 Å². The highest BCUT2D eigenvalue weighted by Gasteiger charge is 2.10. The van der Waals surface area contributed by atoms with Crippen molar-refractivity contribution in [2.75, 3.05) is 0 Å². The van der Waals surface area contributed by atoms with E-state index in [9.17, 15) is 13.2 Å². The van der Waals surface area contributed by atoms with Crippen molar-refractivity contribution in [3.63, 3.8) is 0 Å². The first-order valence-corrected chi connectivity index (χ1v) is 3.01. The minimum Gasteiger partial charge on any atom is -0.228 e. The van der Waals surface area contributed by atoms with Crippen molar-refractivity contribution in [1.29, 1.82) is 0 Å².